The largest absolute Gasteiger partial charge is 0.325 e. The Bertz CT molecular complexity index is 1210. The number of carbonyl (C=O) groups excluding carboxylic acids is 1. The Kier molecular flexibility index (Phi) is 7.41. The summed E-state index contributed by atoms with van der Waals surface area (Å²) >= 11 is 1.23. The normalized spacial score (nSPS) is 14.8. The summed E-state index contributed by atoms with van der Waals surface area (Å²) in [6.45, 7) is 3.41. The summed E-state index contributed by atoms with van der Waals surface area (Å²) in [5.41, 5.74) is 2.33. The average molecular weight is 487 g/mol. The monoisotopic (exact) mass is 486 g/mol. The van der Waals surface area contributed by atoms with Crippen molar-refractivity contribution >= 4 is 33.4 Å². The van der Waals surface area contributed by atoms with Crippen LogP contribution in [0.1, 0.15) is 30.4 Å². The van der Waals surface area contributed by atoms with Crippen LogP contribution in [0.5, 0.6) is 0 Å². The van der Waals surface area contributed by atoms with E-state index in [1.807, 2.05) is 37.3 Å². The summed E-state index contributed by atoms with van der Waals surface area (Å²) in [6, 6.07) is 14.7. The minimum atomic E-state index is -3.57. The van der Waals surface area contributed by atoms with E-state index in [1.165, 1.54) is 16.1 Å². The van der Waals surface area contributed by atoms with Crippen molar-refractivity contribution in [1.29, 1.82) is 0 Å². The van der Waals surface area contributed by atoms with E-state index < -0.39 is 10.0 Å². The third kappa shape index (κ3) is 5.79. The third-order valence-electron chi connectivity index (χ3n) is 5.44. The summed E-state index contributed by atoms with van der Waals surface area (Å²) in [6.07, 6.45) is 2.79. The second-order valence-electron chi connectivity index (χ2n) is 7.88. The Labute approximate surface area is 197 Å². The van der Waals surface area contributed by atoms with Crippen molar-refractivity contribution in [1.82, 2.24) is 24.5 Å². The van der Waals surface area contributed by atoms with Crippen LogP contribution in [-0.4, -0.2) is 57.7 Å². The molecule has 4 rings (SSSR count). The number of aromatic nitrogens is 4. The molecule has 0 spiro atoms. The lowest BCUT2D eigenvalue weighted by Gasteiger charge is -2.26. The molecule has 0 aliphatic carbocycles. The van der Waals surface area contributed by atoms with Gasteiger partial charge in [-0.2, -0.15) is 4.31 Å². The maximum absolute atomic E-state index is 13.0. The fourth-order valence-corrected chi connectivity index (χ4v) is 5.84. The summed E-state index contributed by atoms with van der Waals surface area (Å²) in [7, 11) is -3.57. The number of nitrogens with one attached hydrogen (secondary N) is 1. The molecule has 1 amide bonds. The molecular formula is C22H26N6O3S2. The quantitative estimate of drug-likeness (QED) is 0.488. The first-order chi connectivity index (χ1) is 15.9. The van der Waals surface area contributed by atoms with Crippen molar-refractivity contribution in [2.24, 2.45) is 0 Å². The Morgan fingerprint density at radius 1 is 1.09 bits per heavy atom. The third-order valence-corrected chi connectivity index (χ3v) is 8.29. The number of benzene rings is 2. The van der Waals surface area contributed by atoms with Crippen molar-refractivity contribution in [3.8, 4) is 0 Å². The van der Waals surface area contributed by atoms with E-state index in [9.17, 15) is 13.2 Å². The number of amides is 1. The van der Waals surface area contributed by atoms with Gasteiger partial charge in [0.1, 0.15) is 0 Å². The Balaban J connectivity index is 1.40. The van der Waals surface area contributed by atoms with Gasteiger partial charge < -0.3 is 5.32 Å². The van der Waals surface area contributed by atoms with Gasteiger partial charge in [-0.05, 0) is 53.5 Å². The molecule has 11 heteroatoms. The number of carbonyl (C=O) groups is 1. The van der Waals surface area contributed by atoms with E-state index in [0.717, 1.165) is 30.4 Å². The maximum atomic E-state index is 13.0. The maximum Gasteiger partial charge on any atom is 0.243 e. The summed E-state index contributed by atoms with van der Waals surface area (Å²) in [5.74, 6) is -0.164. The Morgan fingerprint density at radius 2 is 1.85 bits per heavy atom. The van der Waals surface area contributed by atoms with Crippen LogP contribution in [0.25, 0.3) is 0 Å². The lowest BCUT2D eigenvalue weighted by Crippen LogP contribution is -2.35. The number of hydrogen-bond acceptors (Lipinski definition) is 7. The summed E-state index contributed by atoms with van der Waals surface area (Å²) < 4.78 is 29.1. The molecular weight excluding hydrogens is 460 g/mol. The standard InChI is InChI=1S/C22H26N6O3S2/c1-17-10-11-19(33(30,31)27-12-6-3-7-13-27)14-20(17)23-21(29)16-32-22-24-25-26-28(22)15-18-8-4-2-5-9-18/h2,4-5,8-11,14H,3,6-7,12-13,15-16H2,1H3,(H,23,29). The van der Waals surface area contributed by atoms with Gasteiger partial charge in [0.15, 0.2) is 0 Å². The fourth-order valence-electron chi connectivity index (χ4n) is 3.62. The number of piperidine rings is 1. The van der Waals surface area contributed by atoms with Gasteiger partial charge in [-0.1, -0.05) is 54.6 Å². The highest BCUT2D eigenvalue weighted by Gasteiger charge is 2.26. The van der Waals surface area contributed by atoms with Crippen molar-refractivity contribution in [2.45, 2.75) is 42.8 Å². The van der Waals surface area contributed by atoms with Crippen LogP contribution >= 0.6 is 11.8 Å². The Morgan fingerprint density at radius 3 is 2.61 bits per heavy atom. The number of tetrazole rings is 1. The van der Waals surface area contributed by atoms with Crippen LogP contribution in [0.2, 0.25) is 0 Å². The van der Waals surface area contributed by atoms with Gasteiger partial charge in [0.05, 0.1) is 17.2 Å². The predicted octanol–water partition coefficient (Wildman–Crippen LogP) is 2.94. The highest BCUT2D eigenvalue weighted by molar-refractivity contribution is 7.99. The van der Waals surface area contributed by atoms with Gasteiger partial charge in [0.2, 0.25) is 21.1 Å². The second-order valence-corrected chi connectivity index (χ2v) is 10.8. The van der Waals surface area contributed by atoms with Crippen molar-refractivity contribution in [3.05, 3.63) is 59.7 Å². The van der Waals surface area contributed by atoms with E-state index in [1.54, 1.807) is 22.9 Å². The first-order valence-electron chi connectivity index (χ1n) is 10.8. The summed E-state index contributed by atoms with van der Waals surface area (Å²) in [4.78, 5) is 12.8. The molecule has 1 aliphatic rings. The van der Waals surface area contributed by atoms with Gasteiger partial charge >= 0.3 is 0 Å². The van der Waals surface area contributed by atoms with E-state index in [4.69, 9.17) is 0 Å². The van der Waals surface area contributed by atoms with Gasteiger partial charge in [-0.25, -0.2) is 13.1 Å². The van der Waals surface area contributed by atoms with E-state index in [-0.39, 0.29) is 16.6 Å². The number of sulfonamides is 1. The number of nitrogens with zero attached hydrogens (tertiary/aromatic N) is 5. The molecule has 1 aromatic heterocycles. The Hall–Kier alpha value is -2.76. The molecule has 0 radical (unpaired) electrons. The molecule has 2 heterocycles. The molecule has 3 aromatic rings. The van der Waals surface area contributed by atoms with Crippen LogP contribution in [0.15, 0.2) is 58.6 Å². The topological polar surface area (TPSA) is 110 Å². The molecule has 0 atom stereocenters. The summed E-state index contributed by atoms with van der Waals surface area (Å²) in [5, 5.41) is 15.1. The second kappa shape index (κ2) is 10.4. The van der Waals surface area contributed by atoms with Crippen molar-refractivity contribution < 1.29 is 13.2 Å². The van der Waals surface area contributed by atoms with Gasteiger partial charge in [-0.15, -0.1) is 5.10 Å². The molecule has 1 N–H and O–H groups in total. The molecule has 1 aliphatic heterocycles. The SMILES string of the molecule is Cc1ccc(S(=O)(=O)N2CCCCC2)cc1NC(=O)CSc1nnnn1Cc1ccccc1. The van der Waals surface area contributed by atoms with Crippen LogP contribution in [0.4, 0.5) is 5.69 Å². The van der Waals surface area contributed by atoms with Crippen LogP contribution in [0.3, 0.4) is 0 Å². The van der Waals surface area contributed by atoms with Crippen molar-refractivity contribution in [3.63, 3.8) is 0 Å². The molecule has 33 heavy (non-hydrogen) atoms. The van der Waals surface area contributed by atoms with Crippen LogP contribution in [-0.2, 0) is 21.4 Å². The highest BCUT2D eigenvalue weighted by Crippen LogP contribution is 2.25. The van der Waals surface area contributed by atoms with Crippen LogP contribution < -0.4 is 5.32 Å². The number of thioether (sulfide) groups is 1. The number of rotatable bonds is 8. The van der Waals surface area contributed by atoms with Crippen molar-refractivity contribution in [2.75, 3.05) is 24.2 Å². The van der Waals surface area contributed by atoms with E-state index in [2.05, 4.69) is 20.8 Å². The van der Waals surface area contributed by atoms with E-state index >= 15 is 0 Å². The molecule has 0 unspecified atom stereocenters. The zero-order valence-electron chi connectivity index (χ0n) is 18.3. The molecule has 174 valence electrons. The lowest BCUT2D eigenvalue weighted by atomic mass is 10.2. The smallest absolute Gasteiger partial charge is 0.243 e. The number of anilines is 1. The lowest BCUT2D eigenvalue weighted by molar-refractivity contribution is -0.113. The molecule has 0 bridgehead atoms. The molecule has 0 saturated carbocycles. The molecule has 9 nitrogen and oxygen atoms in total. The van der Waals surface area contributed by atoms with Crippen LogP contribution in [0, 0.1) is 6.92 Å². The minimum absolute atomic E-state index is 0.0949. The minimum Gasteiger partial charge on any atom is -0.325 e. The first-order valence-corrected chi connectivity index (χ1v) is 13.2. The predicted molar refractivity (Wildman–Crippen MR) is 127 cm³/mol. The van der Waals surface area contributed by atoms with Gasteiger partial charge in [0.25, 0.3) is 0 Å². The number of hydrogen-bond donors (Lipinski definition) is 1. The molecule has 2 aromatic carbocycles. The van der Waals surface area contributed by atoms with Gasteiger partial charge in [0, 0.05) is 18.8 Å². The first kappa shape index (κ1) is 23.4. The molecule has 1 saturated heterocycles. The fraction of sp³-hybridized carbons (Fsp3) is 0.364. The zero-order valence-corrected chi connectivity index (χ0v) is 20.0. The van der Waals surface area contributed by atoms with E-state index in [0.29, 0.717) is 30.5 Å². The number of aryl methyl sites for hydroxylation is 1. The average Bonchev–Trinajstić information content (AvgIpc) is 3.27. The zero-order chi connectivity index (χ0) is 23.3. The van der Waals surface area contributed by atoms with Gasteiger partial charge in [-0.3, -0.25) is 4.79 Å². The highest BCUT2D eigenvalue weighted by atomic mass is 32.2. The molecule has 1 fully saturated rings.